The molecule has 0 amide bonds. The van der Waals surface area contributed by atoms with Crippen LogP contribution in [0.4, 0.5) is 19.0 Å². The first kappa shape index (κ1) is 20.4. The predicted octanol–water partition coefficient (Wildman–Crippen LogP) is 6.21. The van der Waals surface area contributed by atoms with Gasteiger partial charge < -0.3 is 10.1 Å². The number of thiophene rings is 1. The monoisotopic (exact) mass is 450 g/mol. The number of ether oxygens (including phenoxy) is 1. The number of nitrogens with zero attached hydrogens (tertiary/aromatic N) is 3. The molecular weight excluding hydrogens is 437 g/mol. The normalized spacial score (nSPS) is 11.6. The van der Waals surface area contributed by atoms with Crippen LogP contribution in [0, 0.1) is 0 Å². The Bertz CT molecular complexity index is 1160. The molecule has 0 fully saturated rings. The van der Waals surface area contributed by atoms with Gasteiger partial charge in [-0.3, -0.25) is 0 Å². The van der Waals surface area contributed by atoms with Crippen molar-refractivity contribution in [3.8, 4) is 11.6 Å². The molecule has 10 heteroatoms. The average Bonchev–Trinajstić information content (AvgIpc) is 3.10. The first-order valence-corrected chi connectivity index (χ1v) is 10.1. The summed E-state index contributed by atoms with van der Waals surface area (Å²) < 4.78 is 43.5. The Kier molecular flexibility index (Phi) is 5.74. The third kappa shape index (κ3) is 4.63. The molecule has 0 unspecified atom stereocenters. The second-order valence-corrected chi connectivity index (χ2v) is 7.56. The van der Waals surface area contributed by atoms with Crippen molar-refractivity contribution < 1.29 is 17.9 Å². The van der Waals surface area contributed by atoms with E-state index in [9.17, 15) is 13.2 Å². The smallest absolute Gasteiger partial charge is 0.417 e. The Morgan fingerprint density at radius 3 is 2.73 bits per heavy atom. The summed E-state index contributed by atoms with van der Waals surface area (Å²) in [4.78, 5) is 13.0. The standard InChI is InChI=1S/C20H14ClF3N4OS/c21-15-10-30-19-17(15)18(27-11-28-19)25-7-6-12-2-1-3-14(8-12)29-16-5-4-13(9-26-16)20(22,23)24/h1-5,8-11H,6-7H2,(H,25,27,28). The molecule has 0 bridgehead atoms. The minimum Gasteiger partial charge on any atom is -0.439 e. The van der Waals surface area contributed by atoms with Gasteiger partial charge in [0.15, 0.2) is 0 Å². The SMILES string of the molecule is FC(F)(F)c1ccc(Oc2cccc(CCNc3ncnc4scc(Cl)c34)c2)nc1. The first-order chi connectivity index (χ1) is 14.4. The van der Waals surface area contributed by atoms with Gasteiger partial charge in [0.1, 0.15) is 22.7 Å². The molecule has 0 aliphatic rings. The number of fused-ring (bicyclic) bond motifs is 1. The summed E-state index contributed by atoms with van der Waals surface area (Å²) in [5.74, 6) is 1.26. The van der Waals surface area contributed by atoms with E-state index in [0.29, 0.717) is 29.6 Å². The minimum atomic E-state index is -4.43. The quantitative estimate of drug-likeness (QED) is 0.378. The second kappa shape index (κ2) is 8.45. The number of nitrogens with one attached hydrogen (secondary N) is 1. The number of alkyl halides is 3. The van der Waals surface area contributed by atoms with Crippen LogP contribution in [0.15, 0.2) is 54.3 Å². The molecule has 0 aliphatic heterocycles. The number of benzene rings is 1. The summed E-state index contributed by atoms with van der Waals surface area (Å²) in [6.45, 7) is 0.597. The summed E-state index contributed by atoms with van der Waals surface area (Å²) in [5.41, 5.74) is 0.160. The predicted molar refractivity (Wildman–Crippen MR) is 110 cm³/mol. The van der Waals surface area contributed by atoms with Crippen molar-refractivity contribution in [2.45, 2.75) is 12.6 Å². The van der Waals surface area contributed by atoms with Crippen LogP contribution in [0.3, 0.4) is 0 Å². The lowest BCUT2D eigenvalue weighted by atomic mass is 10.1. The van der Waals surface area contributed by atoms with E-state index in [1.165, 1.54) is 23.7 Å². The number of pyridine rings is 1. The lowest BCUT2D eigenvalue weighted by Gasteiger charge is -2.10. The molecule has 0 radical (unpaired) electrons. The molecule has 3 aromatic heterocycles. The van der Waals surface area contributed by atoms with E-state index >= 15 is 0 Å². The van der Waals surface area contributed by atoms with Crippen molar-refractivity contribution in [2.75, 3.05) is 11.9 Å². The zero-order valence-electron chi connectivity index (χ0n) is 15.3. The fourth-order valence-corrected chi connectivity index (χ4v) is 3.93. The molecule has 0 atom stereocenters. The molecule has 154 valence electrons. The van der Waals surface area contributed by atoms with Crippen LogP contribution < -0.4 is 10.1 Å². The third-order valence-corrected chi connectivity index (χ3v) is 5.53. The van der Waals surface area contributed by atoms with Gasteiger partial charge in [-0.15, -0.1) is 11.3 Å². The highest BCUT2D eigenvalue weighted by Gasteiger charge is 2.30. The van der Waals surface area contributed by atoms with Crippen molar-refractivity contribution in [1.82, 2.24) is 15.0 Å². The van der Waals surface area contributed by atoms with Crippen LogP contribution in [0.5, 0.6) is 11.6 Å². The fraction of sp³-hybridized carbons (Fsp3) is 0.150. The molecule has 4 rings (SSSR count). The molecule has 4 aromatic rings. The summed E-state index contributed by atoms with van der Waals surface area (Å²) >= 11 is 7.67. The maximum Gasteiger partial charge on any atom is 0.417 e. The van der Waals surface area contributed by atoms with Crippen LogP contribution in [0.1, 0.15) is 11.1 Å². The van der Waals surface area contributed by atoms with Crippen LogP contribution in [0.25, 0.3) is 10.2 Å². The summed E-state index contributed by atoms with van der Waals surface area (Å²) in [6.07, 6.45) is -1.52. The first-order valence-electron chi connectivity index (χ1n) is 8.82. The summed E-state index contributed by atoms with van der Waals surface area (Å²) in [5, 5.41) is 6.50. The number of hydrogen-bond donors (Lipinski definition) is 1. The number of halogens is 4. The van der Waals surface area contributed by atoms with E-state index in [1.54, 1.807) is 6.07 Å². The Labute approximate surface area is 178 Å². The van der Waals surface area contributed by atoms with Gasteiger partial charge in [-0.1, -0.05) is 23.7 Å². The fourth-order valence-electron chi connectivity index (χ4n) is 2.79. The Hall–Kier alpha value is -2.91. The Morgan fingerprint density at radius 2 is 1.97 bits per heavy atom. The molecule has 0 spiro atoms. The number of aromatic nitrogens is 3. The summed E-state index contributed by atoms with van der Waals surface area (Å²) in [7, 11) is 0. The Balaban J connectivity index is 1.39. The highest BCUT2D eigenvalue weighted by atomic mass is 35.5. The average molecular weight is 451 g/mol. The van der Waals surface area contributed by atoms with Crippen LogP contribution in [-0.4, -0.2) is 21.5 Å². The van der Waals surface area contributed by atoms with Gasteiger partial charge in [-0.05, 0) is 30.2 Å². The molecule has 1 N–H and O–H groups in total. The van der Waals surface area contributed by atoms with E-state index < -0.39 is 11.7 Å². The minimum absolute atomic E-state index is 0.0914. The van der Waals surface area contributed by atoms with E-state index in [1.807, 2.05) is 23.6 Å². The van der Waals surface area contributed by atoms with Crippen molar-refractivity contribution in [3.05, 3.63) is 70.5 Å². The highest BCUT2D eigenvalue weighted by molar-refractivity contribution is 7.17. The van der Waals surface area contributed by atoms with Gasteiger partial charge in [0.2, 0.25) is 5.88 Å². The Morgan fingerprint density at radius 1 is 1.10 bits per heavy atom. The lowest BCUT2D eigenvalue weighted by Crippen LogP contribution is -2.07. The molecule has 3 heterocycles. The molecular formula is C20H14ClF3N4OS. The van der Waals surface area contributed by atoms with Crippen LogP contribution in [-0.2, 0) is 12.6 Å². The number of anilines is 1. The van der Waals surface area contributed by atoms with Crippen molar-refractivity contribution in [1.29, 1.82) is 0 Å². The van der Waals surface area contributed by atoms with E-state index in [0.717, 1.165) is 28.0 Å². The molecule has 0 saturated carbocycles. The molecule has 0 aliphatic carbocycles. The van der Waals surface area contributed by atoms with Gasteiger partial charge in [0.25, 0.3) is 0 Å². The molecule has 0 saturated heterocycles. The van der Waals surface area contributed by atoms with Crippen molar-refractivity contribution >= 4 is 39.0 Å². The van der Waals surface area contributed by atoms with E-state index in [2.05, 4.69) is 20.3 Å². The van der Waals surface area contributed by atoms with Gasteiger partial charge in [0.05, 0.1) is 16.0 Å². The number of hydrogen-bond acceptors (Lipinski definition) is 6. The largest absolute Gasteiger partial charge is 0.439 e. The van der Waals surface area contributed by atoms with E-state index in [4.69, 9.17) is 16.3 Å². The zero-order chi connectivity index (χ0) is 21.1. The van der Waals surface area contributed by atoms with Gasteiger partial charge in [0, 0.05) is 24.2 Å². The maximum atomic E-state index is 12.6. The third-order valence-electron chi connectivity index (χ3n) is 4.22. The maximum absolute atomic E-state index is 12.6. The molecule has 1 aromatic carbocycles. The lowest BCUT2D eigenvalue weighted by molar-refractivity contribution is -0.137. The van der Waals surface area contributed by atoms with Crippen LogP contribution >= 0.6 is 22.9 Å². The molecule has 30 heavy (non-hydrogen) atoms. The van der Waals surface area contributed by atoms with Crippen molar-refractivity contribution in [3.63, 3.8) is 0 Å². The highest BCUT2D eigenvalue weighted by Crippen LogP contribution is 2.33. The zero-order valence-corrected chi connectivity index (χ0v) is 16.9. The van der Waals surface area contributed by atoms with Crippen LogP contribution in [0.2, 0.25) is 5.02 Å². The topological polar surface area (TPSA) is 59.9 Å². The summed E-state index contributed by atoms with van der Waals surface area (Å²) in [6, 6.07) is 9.41. The second-order valence-electron chi connectivity index (χ2n) is 6.30. The van der Waals surface area contributed by atoms with Gasteiger partial charge in [-0.25, -0.2) is 15.0 Å². The van der Waals surface area contributed by atoms with E-state index in [-0.39, 0.29) is 5.88 Å². The van der Waals surface area contributed by atoms with Gasteiger partial charge in [-0.2, -0.15) is 13.2 Å². The van der Waals surface area contributed by atoms with Crippen molar-refractivity contribution in [2.24, 2.45) is 0 Å². The molecule has 5 nitrogen and oxygen atoms in total. The van der Waals surface area contributed by atoms with Gasteiger partial charge >= 0.3 is 6.18 Å². The number of rotatable bonds is 6.